The van der Waals surface area contributed by atoms with Gasteiger partial charge in [0.15, 0.2) is 0 Å². The Morgan fingerprint density at radius 1 is 1.12 bits per heavy atom. The summed E-state index contributed by atoms with van der Waals surface area (Å²) >= 11 is 0. The fourth-order valence-electron chi connectivity index (χ4n) is 2.32. The van der Waals surface area contributed by atoms with Crippen LogP contribution >= 0.6 is 0 Å². The van der Waals surface area contributed by atoms with E-state index < -0.39 is 45.9 Å². The van der Waals surface area contributed by atoms with Crippen molar-refractivity contribution in [2.75, 3.05) is 0 Å². The standard InChI is InChI=1S/C15H5F5N2O2/c16-7-3-8(6-22-5-7)24-11-2-1-10-12(9(11)4-21)13(23)15(19,20)14(10,17)18/h1-3,5-6H. The van der Waals surface area contributed by atoms with Crippen molar-refractivity contribution in [3.63, 3.8) is 0 Å². The van der Waals surface area contributed by atoms with E-state index in [1.807, 2.05) is 0 Å². The first-order chi connectivity index (χ1) is 11.2. The summed E-state index contributed by atoms with van der Waals surface area (Å²) in [5.74, 6) is -13.3. The van der Waals surface area contributed by atoms with E-state index in [9.17, 15) is 26.7 Å². The van der Waals surface area contributed by atoms with Crippen LogP contribution in [0.4, 0.5) is 22.0 Å². The lowest BCUT2D eigenvalue weighted by molar-refractivity contribution is -0.176. The maximum atomic E-state index is 13.7. The van der Waals surface area contributed by atoms with Gasteiger partial charge in [-0.1, -0.05) is 0 Å². The number of carbonyl (C=O) groups is 1. The van der Waals surface area contributed by atoms with Crippen molar-refractivity contribution >= 4 is 5.78 Å². The number of pyridine rings is 1. The molecule has 0 unspecified atom stereocenters. The van der Waals surface area contributed by atoms with Crippen LogP contribution in [-0.2, 0) is 5.92 Å². The molecule has 0 amide bonds. The van der Waals surface area contributed by atoms with E-state index in [2.05, 4.69) is 4.98 Å². The van der Waals surface area contributed by atoms with Gasteiger partial charge >= 0.3 is 11.8 Å². The van der Waals surface area contributed by atoms with Gasteiger partial charge in [-0.05, 0) is 12.1 Å². The van der Waals surface area contributed by atoms with Crippen LogP contribution in [0.1, 0.15) is 21.5 Å². The zero-order valence-corrected chi connectivity index (χ0v) is 11.5. The van der Waals surface area contributed by atoms with Gasteiger partial charge in [-0.3, -0.25) is 9.78 Å². The predicted octanol–water partition coefficient (Wildman–Crippen LogP) is 3.81. The second-order valence-electron chi connectivity index (χ2n) is 4.89. The van der Waals surface area contributed by atoms with Crippen molar-refractivity contribution in [3.8, 4) is 17.6 Å². The number of Topliss-reactive ketones (excluding diaryl/α,β-unsaturated/α-hetero) is 1. The number of ether oxygens (including phenoxy) is 1. The number of alkyl halides is 4. The molecule has 24 heavy (non-hydrogen) atoms. The highest BCUT2D eigenvalue weighted by atomic mass is 19.3. The molecular weight excluding hydrogens is 335 g/mol. The Labute approximate surface area is 131 Å². The zero-order valence-electron chi connectivity index (χ0n) is 11.5. The highest BCUT2D eigenvalue weighted by molar-refractivity contribution is 6.09. The van der Waals surface area contributed by atoms with Gasteiger partial charge in [0.1, 0.15) is 28.9 Å². The third-order valence-electron chi connectivity index (χ3n) is 3.43. The van der Waals surface area contributed by atoms with Crippen molar-refractivity contribution < 1.29 is 31.5 Å². The molecule has 1 aromatic carbocycles. The molecule has 9 heteroatoms. The first kappa shape index (κ1) is 15.9. The molecule has 122 valence electrons. The number of hydrogen-bond donors (Lipinski definition) is 0. The quantitative estimate of drug-likeness (QED) is 0.780. The van der Waals surface area contributed by atoms with E-state index in [0.29, 0.717) is 6.07 Å². The van der Waals surface area contributed by atoms with Crippen molar-refractivity contribution in [1.82, 2.24) is 4.98 Å². The molecule has 1 aliphatic rings. The first-order valence-corrected chi connectivity index (χ1v) is 6.36. The molecule has 0 atom stereocenters. The molecule has 0 saturated heterocycles. The summed E-state index contributed by atoms with van der Waals surface area (Å²) in [4.78, 5) is 15.1. The summed E-state index contributed by atoms with van der Waals surface area (Å²) in [5.41, 5.74) is -3.13. The number of hydrogen-bond acceptors (Lipinski definition) is 4. The Kier molecular flexibility index (Phi) is 3.30. The summed E-state index contributed by atoms with van der Waals surface area (Å²) in [6, 6.07) is 3.71. The van der Waals surface area contributed by atoms with Gasteiger partial charge in [0.05, 0.1) is 18.0 Å². The lowest BCUT2D eigenvalue weighted by atomic mass is 10.0. The van der Waals surface area contributed by atoms with E-state index in [1.54, 1.807) is 0 Å². The molecule has 1 aliphatic carbocycles. The number of rotatable bonds is 2. The number of carbonyl (C=O) groups excluding carboxylic acids is 1. The Morgan fingerprint density at radius 3 is 2.46 bits per heavy atom. The van der Waals surface area contributed by atoms with Gasteiger partial charge in [0, 0.05) is 11.6 Å². The van der Waals surface area contributed by atoms with Crippen LogP contribution < -0.4 is 4.74 Å². The number of nitriles is 1. The highest BCUT2D eigenvalue weighted by Crippen LogP contribution is 2.53. The largest absolute Gasteiger partial charge is 0.454 e. The van der Waals surface area contributed by atoms with Gasteiger partial charge in [0.2, 0.25) is 5.78 Å². The van der Waals surface area contributed by atoms with Gasteiger partial charge < -0.3 is 4.74 Å². The minimum atomic E-state index is -4.96. The fourth-order valence-corrected chi connectivity index (χ4v) is 2.32. The molecule has 0 bridgehead atoms. The summed E-state index contributed by atoms with van der Waals surface area (Å²) in [6.45, 7) is 0. The predicted molar refractivity (Wildman–Crippen MR) is 68.6 cm³/mol. The van der Waals surface area contributed by atoms with Crippen LogP contribution in [0, 0.1) is 17.1 Å². The lowest BCUT2D eigenvalue weighted by Crippen LogP contribution is -2.38. The smallest absolute Gasteiger partial charge is 0.376 e. The Hall–Kier alpha value is -3.02. The minimum Gasteiger partial charge on any atom is -0.454 e. The maximum Gasteiger partial charge on any atom is 0.376 e. The van der Waals surface area contributed by atoms with Crippen molar-refractivity contribution in [1.29, 1.82) is 5.26 Å². The van der Waals surface area contributed by atoms with Crippen LogP contribution in [0.3, 0.4) is 0 Å². The molecule has 3 rings (SSSR count). The molecule has 0 aliphatic heterocycles. The summed E-state index contributed by atoms with van der Waals surface area (Å²) in [7, 11) is 0. The number of ketones is 1. The molecule has 1 aromatic heterocycles. The molecule has 0 spiro atoms. The van der Waals surface area contributed by atoms with Gasteiger partial charge in [-0.2, -0.15) is 22.8 Å². The second-order valence-corrected chi connectivity index (χ2v) is 4.89. The van der Waals surface area contributed by atoms with E-state index in [4.69, 9.17) is 10.00 Å². The molecule has 0 fully saturated rings. The van der Waals surface area contributed by atoms with Crippen LogP contribution in [0.25, 0.3) is 0 Å². The summed E-state index contributed by atoms with van der Waals surface area (Å²) < 4.78 is 72.7. The van der Waals surface area contributed by atoms with Crippen molar-refractivity contribution in [2.45, 2.75) is 11.8 Å². The van der Waals surface area contributed by atoms with Gasteiger partial charge in [-0.15, -0.1) is 0 Å². The monoisotopic (exact) mass is 340 g/mol. The topological polar surface area (TPSA) is 63.0 Å². The number of benzene rings is 1. The second kappa shape index (κ2) is 4.99. The molecule has 4 nitrogen and oxygen atoms in total. The van der Waals surface area contributed by atoms with Crippen LogP contribution in [0.15, 0.2) is 30.6 Å². The Balaban J connectivity index is 2.16. The number of halogens is 5. The highest BCUT2D eigenvalue weighted by Gasteiger charge is 2.69. The van der Waals surface area contributed by atoms with Crippen LogP contribution in [0.5, 0.6) is 11.5 Å². The molecular formula is C15H5F5N2O2. The average molecular weight is 340 g/mol. The summed E-state index contributed by atoms with van der Waals surface area (Å²) in [5, 5.41) is 9.11. The fraction of sp³-hybridized carbons (Fsp3) is 0.133. The Morgan fingerprint density at radius 2 is 1.83 bits per heavy atom. The minimum absolute atomic E-state index is 0.199. The normalized spacial score (nSPS) is 17.2. The summed E-state index contributed by atoms with van der Waals surface area (Å²) in [6.07, 6.45) is 1.92. The van der Waals surface area contributed by atoms with E-state index in [-0.39, 0.29) is 5.75 Å². The van der Waals surface area contributed by atoms with Crippen molar-refractivity contribution in [3.05, 3.63) is 53.1 Å². The van der Waals surface area contributed by atoms with Crippen molar-refractivity contribution in [2.24, 2.45) is 0 Å². The van der Waals surface area contributed by atoms with E-state index >= 15 is 0 Å². The molecule has 2 aromatic rings. The van der Waals surface area contributed by atoms with E-state index in [1.165, 1.54) is 6.07 Å². The van der Waals surface area contributed by atoms with E-state index in [0.717, 1.165) is 24.5 Å². The number of aromatic nitrogens is 1. The average Bonchev–Trinajstić information content (AvgIpc) is 2.65. The molecule has 0 radical (unpaired) electrons. The van der Waals surface area contributed by atoms with Gasteiger partial charge in [0.25, 0.3) is 0 Å². The Bertz CT molecular complexity index is 905. The van der Waals surface area contributed by atoms with Gasteiger partial charge in [-0.25, -0.2) is 4.39 Å². The first-order valence-electron chi connectivity index (χ1n) is 6.36. The third kappa shape index (κ3) is 2.03. The lowest BCUT2D eigenvalue weighted by Gasteiger charge is -2.17. The zero-order chi connectivity index (χ0) is 17.7. The third-order valence-corrected chi connectivity index (χ3v) is 3.43. The molecule has 1 heterocycles. The molecule has 0 saturated carbocycles. The SMILES string of the molecule is N#Cc1c(Oc2cncc(F)c2)ccc2c1C(=O)C(F)(F)C2(F)F. The van der Waals surface area contributed by atoms with Crippen LogP contribution in [-0.4, -0.2) is 16.7 Å². The van der Waals surface area contributed by atoms with Crippen LogP contribution in [0.2, 0.25) is 0 Å². The maximum absolute atomic E-state index is 13.7. The number of fused-ring (bicyclic) bond motifs is 1. The number of nitrogens with zero attached hydrogens (tertiary/aromatic N) is 2. The molecule has 0 N–H and O–H groups in total.